The van der Waals surface area contributed by atoms with Gasteiger partial charge in [-0.25, -0.2) is 0 Å². The second kappa shape index (κ2) is 6.25. The molecule has 4 heteroatoms. The highest BCUT2D eigenvalue weighted by atomic mass is 16.2. The van der Waals surface area contributed by atoms with Crippen molar-refractivity contribution >= 4 is 12.8 Å². The topological polar surface area (TPSA) is 42.3 Å². The number of aromatic nitrogens is 1. The van der Waals surface area contributed by atoms with E-state index in [0.29, 0.717) is 12.8 Å². The summed E-state index contributed by atoms with van der Waals surface area (Å²) in [7, 11) is 0. The Morgan fingerprint density at radius 2 is 1.30 bits per heavy atom. The number of amides is 2. The molecule has 0 saturated carbocycles. The van der Waals surface area contributed by atoms with E-state index in [1.54, 1.807) is 0 Å². The van der Waals surface area contributed by atoms with Crippen LogP contribution in [-0.2, 0) is 9.59 Å². The third-order valence-corrected chi connectivity index (χ3v) is 5.01. The van der Waals surface area contributed by atoms with E-state index in [4.69, 9.17) is 0 Å². The predicted molar refractivity (Wildman–Crippen MR) is 80.7 cm³/mol. The smallest absolute Gasteiger partial charge is 0.216 e. The monoisotopic (exact) mass is 278 g/mol. The summed E-state index contributed by atoms with van der Waals surface area (Å²) in [4.78, 5) is 23.0. The summed E-state index contributed by atoms with van der Waals surface area (Å²) in [5.74, 6) is 0.175. The van der Waals surface area contributed by atoms with Gasteiger partial charge in [-0.1, -0.05) is 6.92 Å². The molecule has 1 rings (SSSR count). The summed E-state index contributed by atoms with van der Waals surface area (Å²) in [6.07, 6.45) is 1.21. The summed E-state index contributed by atoms with van der Waals surface area (Å²) < 4.78 is 2.32. The molecule has 0 N–H and O–H groups in total. The normalized spacial score (nSPS) is 15.6. The lowest BCUT2D eigenvalue weighted by atomic mass is 9.94. The van der Waals surface area contributed by atoms with E-state index in [1.807, 2.05) is 6.92 Å². The highest BCUT2D eigenvalue weighted by Gasteiger charge is 2.27. The molecular formula is C16H26N2O2. The zero-order valence-corrected chi connectivity index (χ0v) is 13.6. The number of hydrogen-bond acceptors (Lipinski definition) is 2. The molecule has 0 fully saturated rings. The van der Waals surface area contributed by atoms with Crippen LogP contribution in [-0.4, -0.2) is 28.3 Å². The molecule has 1 heterocycles. The van der Waals surface area contributed by atoms with Crippen LogP contribution in [0.1, 0.15) is 49.3 Å². The maximum Gasteiger partial charge on any atom is 0.216 e. The van der Waals surface area contributed by atoms with Gasteiger partial charge >= 0.3 is 0 Å². The molecule has 0 radical (unpaired) electrons. The SMILES string of the molecule is Cc1c(C)c(C)n(C(C)C(C)C(C)N(C=O)C=O)c1C. The van der Waals surface area contributed by atoms with E-state index >= 15 is 0 Å². The third-order valence-electron chi connectivity index (χ3n) is 5.01. The van der Waals surface area contributed by atoms with Gasteiger partial charge in [0.05, 0.1) is 0 Å². The summed E-state index contributed by atoms with van der Waals surface area (Å²) in [5, 5.41) is 0. The van der Waals surface area contributed by atoms with Gasteiger partial charge in [0, 0.05) is 23.5 Å². The fourth-order valence-corrected chi connectivity index (χ4v) is 2.89. The van der Waals surface area contributed by atoms with E-state index in [0.717, 1.165) is 0 Å². The Labute approximate surface area is 121 Å². The molecule has 0 spiro atoms. The van der Waals surface area contributed by atoms with Crippen LogP contribution in [0.25, 0.3) is 0 Å². The van der Waals surface area contributed by atoms with Gasteiger partial charge in [0.2, 0.25) is 12.8 Å². The highest BCUT2D eigenvalue weighted by molar-refractivity contribution is 5.69. The van der Waals surface area contributed by atoms with Crippen LogP contribution in [0.2, 0.25) is 0 Å². The van der Waals surface area contributed by atoms with Crippen LogP contribution < -0.4 is 0 Å². The molecule has 20 heavy (non-hydrogen) atoms. The van der Waals surface area contributed by atoms with E-state index in [9.17, 15) is 9.59 Å². The maximum atomic E-state index is 10.9. The molecule has 1 aromatic heterocycles. The minimum absolute atomic E-state index is 0.123. The maximum absolute atomic E-state index is 10.9. The molecule has 3 atom stereocenters. The van der Waals surface area contributed by atoms with Gasteiger partial charge in [0.25, 0.3) is 0 Å². The molecule has 3 unspecified atom stereocenters. The van der Waals surface area contributed by atoms with Gasteiger partial charge < -0.3 is 4.57 Å². The number of carbonyl (C=O) groups excluding carboxylic acids is 2. The Bertz CT molecular complexity index is 472. The minimum Gasteiger partial charge on any atom is -0.346 e. The first kappa shape index (κ1) is 16.5. The van der Waals surface area contributed by atoms with Gasteiger partial charge in [-0.2, -0.15) is 0 Å². The van der Waals surface area contributed by atoms with Crippen molar-refractivity contribution in [3.8, 4) is 0 Å². The fraction of sp³-hybridized carbons (Fsp3) is 0.625. The van der Waals surface area contributed by atoms with Gasteiger partial charge in [0.15, 0.2) is 0 Å². The summed E-state index contributed by atoms with van der Waals surface area (Å²) in [6.45, 7) is 14.7. The summed E-state index contributed by atoms with van der Waals surface area (Å²) in [5.41, 5.74) is 5.15. The molecule has 1 aromatic rings. The molecule has 0 saturated heterocycles. The van der Waals surface area contributed by atoms with E-state index in [2.05, 4.69) is 46.1 Å². The van der Waals surface area contributed by atoms with Crippen LogP contribution in [0.4, 0.5) is 0 Å². The average molecular weight is 278 g/mol. The molecule has 0 aliphatic heterocycles. The van der Waals surface area contributed by atoms with E-state index in [-0.39, 0.29) is 18.0 Å². The molecule has 4 nitrogen and oxygen atoms in total. The first-order chi connectivity index (χ1) is 9.27. The quantitative estimate of drug-likeness (QED) is 0.751. The Hall–Kier alpha value is -1.58. The van der Waals surface area contributed by atoms with Crippen molar-refractivity contribution in [3.63, 3.8) is 0 Å². The van der Waals surface area contributed by atoms with Gasteiger partial charge in [-0.15, -0.1) is 0 Å². The van der Waals surface area contributed by atoms with Crippen LogP contribution in [0.5, 0.6) is 0 Å². The Kier molecular flexibility index (Phi) is 5.15. The lowest BCUT2D eigenvalue weighted by Gasteiger charge is -2.32. The zero-order valence-electron chi connectivity index (χ0n) is 13.6. The molecule has 112 valence electrons. The molecule has 0 aliphatic rings. The number of hydrogen-bond donors (Lipinski definition) is 0. The largest absolute Gasteiger partial charge is 0.346 e. The minimum atomic E-state index is -0.123. The second-order valence-electron chi connectivity index (χ2n) is 5.79. The Morgan fingerprint density at radius 3 is 1.65 bits per heavy atom. The van der Waals surface area contributed by atoms with E-state index < -0.39 is 0 Å². The van der Waals surface area contributed by atoms with Crippen molar-refractivity contribution in [2.24, 2.45) is 5.92 Å². The average Bonchev–Trinajstić information content (AvgIpc) is 2.62. The number of nitrogens with zero attached hydrogens (tertiary/aromatic N) is 2. The van der Waals surface area contributed by atoms with Gasteiger partial charge in [-0.05, 0) is 58.6 Å². The van der Waals surface area contributed by atoms with Crippen LogP contribution in [0.3, 0.4) is 0 Å². The molecule has 0 aromatic carbocycles. The first-order valence-electron chi connectivity index (χ1n) is 7.10. The first-order valence-corrected chi connectivity index (χ1v) is 7.10. The molecule has 0 aliphatic carbocycles. The van der Waals surface area contributed by atoms with Crippen molar-refractivity contribution < 1.29 is 9.59 Å². The lowest BCUT2D eigenvalue weighted by molar-refractivity contribution is -0.132. The predicted octanol–water partition coefficient (Wildman–Crippen LogP) is 2.92. The molecular weight excluding hydrogens is 252 g/mol. The van der Waals surface area contributed by atoms with Crippen molar-refractivity contribution in [1.29, 1.82) is 0 Å². The van der Waals surface area contributed by atoms with Crippen molar-refractivity contribution in [3.05, 3.63) is 22.5 Å². The van der Waals surface area contributed by atoms with Gasteiger partial charge in [0.1, 0.15) is 0 Å². The fourth-order valence-electron chi connectivity index (χ4n) is 2.89. The number of rotatable bonds is 6. The summed E-state index contributed by atoms with van der Waals surface area (Å²) in [6, 6.07) is 0.0987. The van der Waals surface area contributed by atoms with E-state index in [1.165, 1.54) is 27.4 Å². The number of carbonyl (C=O) groups is 2. The van der Waals surface area contributed by atoms with Crippen LogP contribution in [0, 0.1) is 33.6 Å². The second-order valence-corrected chi connectivity index (χ2v) is 5.79. The van der Waals surface area contributed by atoms with Crippen LogP contribution in [0.15, 0.2) is 0 Å². The molecule has 0 bridgehead atoms. The summed E-state index contributed by atoms with van der Waals surface area (Å²) >= 11 is 0. The van der Waals surface area contributed by atoms with Crippen molar-refractivity contribution in [2.75, 3.05) is 0 Å². The van der Waals surface area contributed by atoms with Crippen LogP contribution >= 0.6 is 0 Å². The van der Waals surface area contributed by atoms with Crippen molar-refractivity contribution in [1.82, 2.24) is 9.47 Å². The zero-order chi connectivity index (χ0) is 15.6. The lowest BCUT2D eigenvalue weighted by Crippen LogP contribution is -2.38. The Morgan fingerprint density at radius 1 is 0.900 bits per heavy atom. The standard InChI is InChI=1S/C16H26N2O2/c1-10-11(2)15(6)18(14(10)5)16(7)12(3)13(4)17(8-19)9-20/h8-9,12-13,16H,1-7H3. The highest BCUT2D eigenvalue weighted by Crippen LogP contribution is 2.30. The molecule has 2 amide bonds. The third kappa shape index (κ3) is 2.65. The van der Waals surface area contributed by atoms with Gasteiger partial charge in [-0.3, -0.25) is 14.5 Å². The Balaban J connectivity index is 3.12. The number of imide groups is 1. The van der Waals surface area contributed by atoms with Crippen molar-refractivity contribution in [2.45, 2.75) is 60.5 Å².